The molecule has 0 saturated carbocycles. The Morgan fingerprint density at radius 2 is 2.37 bits per heavy atom. The van der Waals surface area contributed by atoms with Crippen molar-refractivity contribution in [2.45, 2.75) is 25.2 Å². The summed E-state index contributed by atoms with van der Waals surface area (Å²) in [6, 6.07) is 5.87. The molecular weight excluding hydrogens is 244 g/mol. The van der Waals surface area contributed by atoms with Gasteiger partial charge in [0, 0.05) is 21.5 Å². The molecule has 0 amide bonds. The van der Waals surface area contributed by atoms with Crippen LogP contribution < -0.4 is 4.74 Å². The third-order valence-corrected chi connectivity index (χ3v) is 3.88. The number of nitro groups is 1. The number of methoxy groups -OCH3 is 1. The van der Waals surface area contributed by atoms with Crippen molar-refractivity contribution in [2.75, 3.05) is 13.7 Å². The average molecular weight is 260 g/mol. The molecule has 19 heavy (non-hydrogen) atoms. The van der Waals surface area contributed by atoms with E-state index in [1.54, 1.807) is 7.11 Å². The second kappa shape index (κ2) is 4.57. The van der Waals surface area contributed by atoms with Crippen molar-refractivity contribution in [3.05, 3.63) is 39.6 Å². The number of aromatic nitrogens is 1. The Kier molecular flexibility index (Phi) is 2.89. The molecule has 1 aliphatic rings. The van der Waals surface area contributed by atoms with Gasteiger partial charge in [0.2, 0.25) is 6.54 Å². The minimum atomic E-state index is -0.210. The highest BCUT2D eigenvalue weighted by Gasteiger charge is 2.28. The largest absolute Gasteiger partial charge is 0.497 e. The number of ether oxygens (including phenoxy) is 1. The Morgan fingerprint density at radius 3 is 3.11 bits per heavy atom. The lowest BCUT2D eigenvalue weighted by molar-refractivity contribution is -0.483. The smallest absolute Gasteiger partial charge is 0.210 e. The van der Waals surface area contributed by atoms with Crippen LogP contribution in [0.25, 0.3) is 10.9 Å². The van der Waals surface area contributed by atoms with Crippen LogP contribution in [-0.2, 0) is 6.42 Å². The van der Waals surface area contributed by atoms with Gasteiger partial charge < -0.3 is 9.72 Å². The lowest BCUT2D eigenvalue weighted by Crippen LogP contribution is -2.17. The molecule has 0 aliphatic heterocycles. The highest BCUT2D eigenvalue weighted by atomic mass is 16.6. The van der Waals surface area contributed by atoms with Gasteiger partial charge in [-0.2, -0.15) is 0 Å². The quantitative estimate of drug-likeness (QED) is 0.681. The van der Waals surface area contributed by atoms with Gasteiger partial charge in [0.1, 0.15) is 5.75 Å². The van der Waals surface area contributed by atoms with E-state index in [4.69, 9.17) is 4.74 Å². The highest BCUT2D eigenvalue weighted by molar-refractivity contribution is 5.87. The van der Waals surface area contributed by atoms with Gasteiger partial charge in [0.15, 0.2) is 0 Å². The SMILES string of the molecule is COc1ccc2[nH]c3c(c2c1)[C@H](C[N+](=O)[O-])CCC3. The Labute approximate surface area is 110 Å². The Balaban J connectivity index is 2.14. The first kappa shape index (κ1) is 12.0. The second-order valence-electron chi connectivity index (χ2n) is 5.03. The molecule has 0 fully saturated rings. The molecule has 0 saturated heterocycles. The van der Waals surface area contributed by atoms with E-state index < -0.39 is 0 Å². The molecule has 0 bridgehead atoms. The topological polar surface area (TPSA) is 68.2 Å². The van der Waals surface area contributed by atoms with Gasteiger partial charge in [-0.1, -0.05) is 0 Å². The van der Waals surface area contributed by atoms with Crippen molar-refractivity contribution in [3.8, 4) is 5.75 Å². The first-order valence-electron chi connectivity index (χ1n) is 6.49. The molecule has 0 spiro atoms. The van der Waals surface area contributed by atoms with Gasteiger partial charge in [0.05, 0.1) is 13.0 Å². The molecule has 1 atom stereocenters. The zero-order chi connectivity index (χ0) is 13.4. The highest BCUT2D eigenvalue weighted by Crippen LogP contribution is 2.38. The zero-order valence-corrected chi connectivity index (χ0v) is 10.8. The summed E-state index contributed by atoms with van der Waals surface area (Å²) in [4.78, 5) is 14.0. The first-order valence-corrected chi connectivity index (χ1v) is 6.49. The minimum Gasteiger partial charge on any atom is -0.497 e. The van der Waals surface area contributed by atoms with Crippen LogP contribution in [0.3, 0.4) is 0 Å². The van der Waals surface area contributed by atoms with E-state index in [2.05, 4.69) is 4.98 Å². The molecule has 1 aliphatic carbocycles. The molecule has 2 aromatic rings. The van der Waals surface area contributed by atoms with Gasteiger partial charge in [-0.15, -0.1) is 0 Å². The van der Waals surface area contributed by atoms with E-state index in [1.807, 2.05) is 18.2 Å². The number of nitrogens with one attached hydrogen (secondary N) is 1. The van der Waals surface area contributed by atoms with E-state index in [9.17, 15) is 10.1 Å². The fourth-order valence-electron chi connectivity index (χ4n) is 3.07. The van der Waals surface area contributed by atoms with Crippen LogP contribution in [0, 0.1) is 10.1 Å². The Bertz CT molecular complexity index is 633. The number of H-pyrrole nitrogens is 1. The molecule has 3 rings (SSSR count). The third-order valence-electron chi connectivity index (χ3n) is 3.88. The van der Waals surface area contributed by atoms with Gasteiger partial charge in [-0.25, -0.2) is 0 Å². The van der Waals surface area contributed by atoms with Crippen molar-refractivity contribution in [2.24, 2.45) is 0 Å². The summed E-state index contributed by atoms with van der Waals surface area (Å²) in [5, 5.41) is 11.9. The van der Waals surface area contributed by atoms with Gasteiger partial charge in [-0.3, -0.25) is 10.1 Å². The van der Waals surface area contributed by atoms with E-state index in [0.29, 0.717) is 0 Å². The van der Waals surface area contributed by atoms with E-state index >= 15 is 0 Å². The molecule has 1 heterocycles. The number of hydrogen-bond donors (Lipinski definition) is 1. The molecule has 1 aromatic heterocycles. The van der Waals surface area contributed by atoms with E-state index in [1.165, 1.54) is 0 Å². The van der Waals surface area contributed by atoms with Crippen LogP contribution in [0.5, 0.6) is 5.75 Å². The standard InChI is InChI=1S/C14H16N2O3/c1-19-10-5-6-12-11(7-10)14-9(8-16(17)18)3-2-4-13(14)15-12/h5-7,9,15H,2-4,8H2,1H3/t9-/m0/s1. The molecule has 100 valence electrons. The molecule has 0 unspecified atom stereocenters. The van der Waals surface area contributed by atoms with Crippen molar-refractivity contribution in [1.29, 1.82) is 0 Å². The van der Waals surface area contributed by atoms with Crippen molar-refractivity contribution < 1.29 is 9.66 Å². The van der Waals surface area contributed by atoms with E-state index in [0.717, 1.165) is 47.2 Å². The number of benzene rings is 1. The summed E-state index contributed by atoms with van der Waals surface area (Å²) < 4.78 is 5.25. The van der Waals surface area contributed by atoms with Crippen molar-refractivity contribution in [1.82, 2.24) is 4.98 Å². The minimum absolute atomic E-state index is 0.0111. The van der Waals surface area contributed by atoms with Crippen LogP contribution in [-0.4, -0.2) is 23.6 Å². The fourth-order valence-corrected chi connectivity index (χ4v) is 3.07. The number of hydrogen-bond acceptors (Lipinski definition) is 3. The van der Waals surface area contributed by atoms with Crippen LogP contribution in [0.15, 0.2) is 18.2 Å². The first-order chi connectivity index (χ1) is 9.19. The molecule has 1 N–H and O–H groups in total. The summed E-state index contributed by atoms with van der Waals surface area (Å²) in [5.41, 5.74) is 3.32. The van der Waals surface area contributed by atoms with Gasteiger partial charge in [0.25, 0.3) is 0 Å². The molecule has 5 nitrogen and oxygen atoms in total. The normalized spacial score (nSPS) is 18.3. The second-order valence-corrected chi connectivity index (χ2v) is 5.03. The molecule has 1 aromatic carbocycles. The monoisotopic (exact) mass is 260 g/mol. The lowest BCUT2D eigenvalue weighted by Gasteiger charge is -2.19. The predicted octanol–water partition coefficient (Wildman–Crippen LogP) is 2.87. The number of aromatic amines is 1. The third kappa shape index (κ3) is 2.05. The van der Waals surface area contributed by atoms with Crippen molar-refractivity contribution >= 4 is 10.9 Å². The maximum atomic E-state index is 10.8. The van der Waals surface area contributed by atoms with Crippen LogP contribution in [0.1, 0.15) is 30.0 Å². The number of nitrogens with zero attached hydrogens (tertiary/aromatic N) is 1. The molecular formula is C14H16N2O3. The zero-order valence-electron chi connectivity index (χ0n) is 10.8. The maximum absolute atomic E-state index is 10.8. The predicted molar refractivity (Wildman–Crippen MR) is 72.4 cm³/mol. The number of fused-ring (bicyclic) bond motifs is 3. The Morgan fingerprint density at radius 1 is 1.53 bits per heavy atom. The van der Waals surface area contributed by atoms with Gasteiger partial charge >= 0.3 is 0 Å². The van der Waals surface area contributed by atoms with Crippen molar-refractivity contribution in [3.63, 3.8) is 0 Å². The summed E-state index contributed by atoms with van der Waals surface area (Å²) in [5.74, 6) is 0.805. The van der Waals surface area contributed by atoms with Crippen LogP contribution in [0.4, 0.5) is 0 Å². The fraction of sp³-hybridized carbons (Fsp3) is 0.429. The average Bonchev–Trinajstić information content (AvgIpc) is 2.76. The van der Waals surface area contributed by atoms with Crippen LogP contribution >= 0.6 is 0 Å². The summed E-state index contributed by atoms with van der Waals surface area (Å²) in [6.45, 7) is 0.0111. The Hall–Kier alpha value is -2.04. The van der Waals surface area contributed by atoms with E-state index in [-0.39, 0.29) is 17.4 Å². The van der Waals surface area contributed by atoms with Gasteiger partial charge in [-0.05, 0) is 43.0 Å². The summed E-state index contributed by atoms with van der Waals surface area (Å²) >= 11 is 0. The molecule has 5 heteroatoms. The number of aryl methyl sites for hydroxylation is 1. The van der Waals surface area contributed by atoms with Crippen LogP contribution in [0.2, 0.25) is 0 Å². The summed E-state index contributed by atoms with van der Waals surface area (Å²) in [7, 11) is 1.63. The maximum Gasteiger partial charge on any atom is 0.210 e. The molecule has 0 radical (unpaired) electrons. The number of rotatable bonds is 3. The summed E-state index contributed by atoms with van der Waals surface area (Å²) in [6.07, 6.45) is 2.87. The lowest BCUT2D eigenvalue weighted by atomic mass is 9.85.